The summed E-state index contributed by atoms with van der Waals surface area (Å²) in [6, 6.07) is 3.68. The smallest absolute Gasteiger partial charge is 0.227 e. The third-order valence-corrected chi connectivity index (χ3v) is 3.19. The molecule has 3 N–H and O–H groups in total. The van der Waals surface area contributed by atoms with Gasteiger partial charge in [-0.15, -0.1) is 0 Å². The normalized spacial score (nSPS) is 11.4. The number of methoxy groups -OCH3 is 1. The number of hydrogen-bond donors (Lipinski definition) is 2. The van der Waals surface area contributed by atoms with Gasteiger partial charge in [0.25, 0.3) is 0 Å². The summed E-state index contributed by atoms with van der Waals surface area (Å²) in [6.07, 6.45) is 0.276. The Kier molecular flexibility index (Phi) is 4.76. The quantitative estimate of drug-likeness (QED) is 0.839. The van der Waals surface area contributed by atoms with E-state index in [0.717, 1.165) is 10.0 Å². The SMILES string of the molecule is COC(C)(C)CC(=O)Nc1c(C)cc(Br)cc1N. The summed E-state index contributed by atoms with van der Waals surface area (Å²) >= 11 is 3.36. The Morgan fingerprint density at radius 2 is 2.11 bits per heavy atom. The molecule has 0 aliphatic carbocycles. The summed E-state index contributed by atoms with van der Waals surface area (Å²) < 4.78 is 6.12. The number of anilines is 2. The fraction of sp³-hybridized carbons (Fsp3) is 0.462. The van der Waals surface area contributed by atoms with Crippen LogP contribution in [0.3, 0.4) is 0 Å². The highest BCUT2D eigenvalue weighted by Gasteiger charge is 2.21. The zero-order valence-corrected chi connectivity index (χ0v) is 12.7. The van der Waals surface area contributed by atoms with Gasteiger partial charge < -0.3 is 15.8 Å². The molecule has 0 aromatic heterocycles. The largest absolute Gasteiger partial charge is 0.397 e. The van der Waals surface area contributed by atoms with Crippen molar-refractivity contribution in [3.8, 4) is 0 Å². The highest BCUT2D eigenvalue weighted by Crippen LogP contribution is 2.28. The van der Waals surface area contributed by atoms with Crippen molar-refractivity contribution in [2.45, 2.75) is 32.8 Å². The second kappa shape index (κ2) is 5.71. The number of ether oxygens (including phenoxy) is 1. The number of aryl methyl sites for hydroxylation is 1. The highest BCUT2D eigenvalue weighted by atomic mass is 79.9. The molecule has 0 atom stereocenters. The lowest BCUT2D eigenvalue weighted by Gasteiger charge is -2.22. The van der Waals surface area contributed by atoms with Gasteiger partial charge in [0.15, 0.2) is 0 Å². The van der Waals surface area contributed by atoms with Gasteiger partial charge in [0.05, 0.1) is 23.4 Å². The molecular formula is C13H19BrN2O2. The Balaban J connectivity index is 2.83. The zero-order chi connectivity index (χ0) is 13.9. The van der Waals surface area contributed by atoms with Crippen LogP contribution in [0.2, 0.25) is 0 Å². The van der Waals surface area contributed by atoms with E-state index in [9.17, 15) is 4.79 Å². The monoisotopic (exact) mass is 314 g/mol. The molecule has 0 heterocycles. The molecule has 18 heavy (non-hydrogen) atoms. The molecule has 0 aliphatic rings. The summed E-state index contributed by atoms with van der Waals surface area (Å²) in [5.41, 5.74) is 7.54. The zero-order valence-electron chi connectivity index (χ0n) is 11.1. The van der Waals surface area contributed by atoms with Gasteiger partial charge in [-0.3, -0.25) is 4.79 Å². The Hall–Kier alpha value is -1.07. The maximum atomic E-state index is 11.9. The molecule has 0 fully saturated rings. The first-order chi connectivity index (χ1) is 8.25. The van der Waals surface area contributed by atoms with Crippen molar-refractivity contribution in [3.05, 3.63) is 22.2 Å². The molecule has 1 rings (SSSR count). The molecule has 4 nitrogen and oxygen atoms in total. The van der Waals surface area contributed by atoms with Crippen LogP contribution in [-0.4, -0.2) is 18.6 Å². The number of carbonyl (C=O) groups is 1. The molecule has 100 valence electrons. The van der Waals surface area contributed by atoms with Gasteiger partial charge in [0.2, 0.25) is 5.91 Å². The Bertz CT molecular complexity index is 435. The van der Waals surface area contributed by atoms with Gasteiger partial charge in [-0.25, -0.2) is 0 Å². The minimum Gasteiger partial charge on any atom is -0.397 e. The molecular weight excluding hydrogens is 296 g/mol. The average molecular weight is 315 g/mol. The van der Waals surface area contributed by atoms with Crippen molar-refractivity contribution in [2.75, 3.05) is 18.2 Å². The summed E-state index contributed by atoms with van der Waals surface area (Å²) in [7, 11) is 1.59. The van der Waals surface area contributed by atoms with E-state index in [2.05, 4.69) is 21.2 Å². The lowest BCUT2D eigenvalue weighted by atomic mass is 10.0. The Morgan fingerprint density at radius 3 is 2.61 bits per heavy atom. The fourth-order valence-corrected chi connectivity index (χ4v) is 2.17. The first-order valence-corrected chi connectivity index (χ1v) is 6.45. The molecule has 0 saturated carbocycles. The van der Waals surface area contributed by atoms with Gasteiger partial charge in [0, 0.05) is 11.6 Å². The van der Waals surface area contributed by atoms with Crippen molar-refractivity contribution in [2.24, 2.45) is 0 Å². The van der Waals surface area contributed by atoms with Crippen LogP contribution in [0.4, 0.5) is 11.4 Å². The van der Waals surface area contributed by atoms with Crippen LogP contribution in [0.1, 0.15) is 25.8 Å². The minimum atomic E-state index is -0.484. The molecule has 1 amide bonds. The lowest BCUT2D eigenvalue weighted by molar-refractivity contribution is -0.121. The molecule has 0 bridgehead atoms. The van der Waals surface area contributed by atoms with Gasteiger partial charge in [0.1, 0.15) is 0 Å². The average Bonchev–Trinajstić information content (AvgIpc) is 2.22. The van der Waals surface area contributed by atoms with Crippen LogP contribution < -0.4 is 11.1 Å². The highest BCUT2D eigenvalue weighted by molar-refractivity contribution is 9.10. The van der Waals surface area contributed by atoms with Crippen molar-refractivity contribution in [1.29, 1.82) is 0 Å². The van der Waals surface area contributed by atoms with Crippen LogP contribution in [0, 0.1) is 6.92 Å². The summed E-state index contributed by atoms with van der Waals surface area (Å²) in [6.45, 7) is 5.63. The Morgan fingerprint density at radius 1 is 1.50 bits per heavy atom. The number of rotatable bonds is 4. The third-order valence-electron chi connectivity index (χ3n) is 2.73. The lowest BCUT2D eigenvalue weighted by Crippen LogP contribution is -2.29. The number of nitrogens with one attached hydrogen (secondary N) is 1. The molecule has 1 aromatic carbocycles. The van der Waals surface area contributed by atoms with E-state index >= 15 is 0 Å². The van der Waals surface area contributed by atoms with E-state index in [0.29, 0.717) is 11.4 Å². The molecule has 1 aromatic rings. The van der Waals surface area contributed by atoms with E-state index in [1.165, 1.54) is 0 Å². The molecule has 0 radical (unpaired) electrons. The number of nitrogen functional groups attached to an aromatic ring is 1. The number of carbonyl (C=O) groups excluding carboxylic acids is 1. The van der Waals surface area contributed by atoms with Crippen LogP contribution in [-0.2, 0) is 9.53 Å². The predicted octanol–water partition coefficient (Wildman–Crippen LogP) is 3.09. The second-order valence-electron chi connectivity index (χ2n) is 4.88. The van der Waals surface area contributed by atoms with Gasteiger partial charge in [-0.05, 0) is 38.5 Å². The third kappa shape index (κ3) is 3.99. The fourth-order valence-electron chi connectivity index (χ4n) is 1.58. The van der Waals surface area contributed by atoms with Gasteiger partial charge in [-0.2, -0.15) is 0 Å². The maximum Gasteiger partial charge on any atom is 0.227 e. The van der Waals surface area contributed by atoms with Crippen molar-refractivity contribution in [3.63, 3.8) is 0 Å². The predicted molar refractivity (Wildman–Crippen MR) is 77.6 cm³/mol. The molecule has 5 heteroatoms. The maximum absolute atomic E-state index is 11.9. The molecule has 0 aliphatic heterocycles. The summed E-state index contributed by atoms with van der Waals surface area (Å²) in [5, 5.41) is 2.83. The number of hydrogen-bond acceptors (Lipinski definition) is 3. The van der Waals surface area contributed by atoms with Gasteiger partial charge in [-0.1, -0.05) is 15.9 Å². The van der Waals surface area contributed by atoms with Crippen molar-refractivity contribution in [1.82, 2.24) is 0 Å². The first kappa shape index (κ1) is 15.0. The minimum absolute atomic E-state index is 0.112. The van der Waals surface area contributed by atoms with E-state index in [1.807, 2.05) is 26.8 Å². The van der Waals surface area contributed by atoms with E-state index < -0.39 is 5.60 Å². The summed E-state index contributed by atoms with van der Waals surface area (Å²) in [5.74, 6) is -0.112. The number of nitrogens with two attached hydrogens (primary N) is 1. The number of benzene rings is 1. The Labute approximate surface area is 116 Å². The standard InChI is InChI=1S/C13H19BrN2O2/c1-8-5-9(14)6-10(15)12(8)16-11(17)7-13(2,3)18-4/h5-6H,7,15H2,1-4H3,(H,16,17). The number of amides is 1. The van der Waals surface area contributed by atoms with Crippen LogP contribution in [0.5, 0.6) is 0 Å². The van der Waals surface area contributed by atoms with Crippen molar-refractivity contribution >= 4 is 33.2 Å². The van der Waals surface area contributed by atoms with Crippen molar-refractivity contribution < 1.29 is 9.53 Å². The second-order valence-corrected chi connectivity index (χ2v) is 5.79. The van der Waals surface area contributed by atoms with E-state index in [1.54, 1.807) is 13.2 Å². The first-order valence-electron chi connectivity index (χ1n) is 5.66. The van der Waals surface area contributed by atoms with Crippen LogP contribution in [0.25, 0.3) is 0 Å². The van der Waals surface area contributed by atoms with E-state index in [-0.39, 0.29) is 12.3 Å². The van der Waals surface area contributed by atoms with Crippen LogP contribution >= 0.6 is 15.9 Å². The van der Waals surface area contributed by atoms with Gasteiger partial charge >= 0.3 is 0 Å². The number of halogens is 1. The molecule has 0 spiro atoms. The molecule has 0 unspecified atom stereocenters. The molecule has 0 saturated heterocycles. The van der Waals surface area contributed by atoms with E-state index in [4.69, 9.17) is 10.5 Å². The summed E-state index contributed by atoms with van der Waals surface area (Å²) in [4.78, 5) is 11.9. The van der Waals surface area contributed by atoms with Crippen LogP contribution in [0.15, 0.2) is 16.6 Å². The topological polar surface area (TPSA) is 64.3 Å².